The molecule has 0 bridgehead atoms. The molecular weight excluding hydrogens is 268 g/mol. The van der Waals surface area contributed by atoms with Crippen molar-refractivity contribution in [2.24, 2.45) is 0 Å². The minimum atomic E-state index is -0.854. The SMILES string of the molecule is CC(C)c1ccccc1NC(=O)NCC1(O)CCOCC1. The molecule has 1 saturated heterocycles. The molecule has 2 rings (SSSR count). The fraction of sp³-hybridized carbons (Fsp3) is 0.562. The molecule has 1 fully saturated rings. The van der Waals surface area contributed by atoms with Crippen LogP contribution in [0.15, 0.2) is 24.3 Å². The molecule has 1 aliphatic rings. The van der Waals surface area contributed by atoms with Crippen molar-refractivity contribution < 1.29 is 14.6 Å². The van der Waals surface area contributed by atoms with Crippen LogP contribution in [-0.4, -0.2) is 36.5 Å². The molecule has 5 nitrogen and oxygen atoms in total. The van der Waals surface area contributed by atoms with Crippen molar-refractivity contribution in [1.29, 1.82) is 0 Å². The van der Waals surface area contributed by atoms with E-state index in [1.54, 1.807) is 0 Å². The van der Waals surface area contributed by atoms with Crippen LogP contribution < -0.4 is 10.6 Å². The predicted octanol–water partition coefficient (Wildman–Crippen LogP) is 2.47. The van der Waals surface area contributed by atoms with E-state index >= 15 is 0 Å². The Morgan fingerprint density at radius 2 is 2.00 bits per heavy atom. The van der Waals surface area contributed by atoms with E-state index in [1.165, 1.54) is 0 Å². The first-order chi connectivity index (χ1) is 10.0. The summed E-state index contributed by atoms with van der Waals surface area (Å²) in [6.45, 7) is 5.49. The molecular formula is C16H24N2O3. The first-order valence-corrected chi connectivity index (χ1v) is 7.44. The molecule has 1 heterocycles. The topological polar surface area (TPSA) is 70.6 Å². The molecule has 0 atom stereocenters. The lowest BCUT2D eigenvalue weighted by atomic mass is 9.94. The number of carbonyl (C=O) groups excluding carboxylic acids is 1. The van der Waals surface area contributed by atoms with Gasteiger partial charge < -0.3 is 20.5 Å². The predicted molar refractivity (Wildman–Crippen MR) is 82.6 cm³/mol. The van der Waals surface area contributed by atoms with E-state index < -0.39 is 5.60 Å². The molecule has 0 radical (unpaired) electrons. The van der Waals surface area contributed by atoms with Crippen LogP contribution in [0, 0.1) is 0 Å². The van der Waals surface area contributed by atoms with Gasteiger partial charge in [-0.1, -0.05) is 32.0 Å². The smallest absolute Gasteiger partial charge is 0.319 e. The number of hydrogen-bond donors (Lipinski definition) is 3. The number of benzene rings is 1. The van der Waals surface area contributed by atoms with Gasteiger partial charge in [-0.2, -0.15) is 0 Å². The third kappa shape index (κ3) is 4.44. The zero-order valence-corrected chi connectivity index (χ0v) is 12.7. The highest BCUT2D eigenvalue weighted by molar-refractivity contribution is 5.90. The molecule has 3 N–H and O–H groups in total. The molecule has 2 amide bonds. The van der Waals surface area contributed by atoms with Crippen LogP contribution in [0.3, 0.4) is 0 Å². The van der Waals surface area contributed by atoms with Crippen LogP contribution in [0.4, 0.5) is 10.5 Å². The summed E-state index contributed by atoms with van der Waals surface area (Å²) in [7, 11) is 0. The summed E-state index contributed by atoms with van der Waals surface area (Å²) in [6, 6.07) is 7.46. The molecule has 0 unspecified atom stereocenters. The summed E-state index contributed by atoms with van der Waals surface area (Å²) >= 11 is 0. The second-order valence-corrected chi connectivity index (χ2v) is 5.89. The molecule has 0 aromatic heterocycles. The van der Waals surface area contributed by atoms with Crippen LogP contribution in [0.25, 0.3) is 0 Å². The molecule has 21 heavy (non-hydrogen) atoms. The first kappa shape index (κ1) is 15.8. The summed E-state index contributed by atoms with van der Waals surface area (Å²) < 4.78 is 5.22. The Balaban J connectivity index is 1.90. The lowest BCUT2D eigenvalue weighted by Crippen LogP contribution is -2.47. The maximum absolute atomic E-state index is 12.0. The Bertz CT molecular complexity index is 482. The molecule has 0 spiro atoms. The van der Waals surface area contributed by atoms with Gasteiger partial charge in [0.1, 0.15) is 0 Å². The van der Waals surface area contributed by atoms with Crippen LogP contribution in [0.1, 0.15) is 38.2 Å². The second-order valence-electron chi connectivity index (χ2n) is 5.89. The average molecular weight is 292 g/mol. The number of anilines is 1. The number of carbonyl (C=O) groups is 1. The van der Waals surface area contributed by atoms with E-state index in [1.807, 2.05) is 24.3 Å². The highest BCUT2D eigenvalue weighted by Crippen LogP contribution is 2.23. The lowest BCUT2D eigenvalue weighted by Gasteiger charge is -2.32. The Kier molecular flexibility index (Phi) is 5.20. The van der Waals surface area contributed by atoms with E-state index in [2.05, 4.69) is 24.5 Å². The maximum atomic E-state index is 12.0. The molecule has 5 heteroatoms. The van der Waals surface area contributed by atoms with Crippen molar-refractivity contribution in [3.8, 4) is 0 Å². The lowest BCUT2D eigenvalue weighted by molar-refractivity contribution is -0.0598. The largest absolute Gasteiger partial charge is 0.388 e. The van der Waals surface area contributed by atoms with Gasteiger partial charge in [0.15, 0.2) is 0 Å². The number of urea groups is 1. The number of rotatable bonds is 4. The summed E-state index contributed by atoms with van der Waals surface area (Å²) in [4.78, 5) is 12.0. The van der Waals surface area contributed by atoms with Crippen molar-refractivity contribution in [3.63, 3.8) is 0 Å². The number of nitrogens with one attached hydrogen (secondary N) is 2. The van der Waals surface area contributed by atoms with Gasteiger partial charge in [0.25, 0.3) is 0 Å². The third-order valence-electron chi connectivity index (χ3n) is 3.83. The van der Waals surface area contributed by atoms with Crippen molar-refractivity contribution >= 4 is 11.7 Å². The fourth-order valence-electron chi connectivity index (χ4n) is 2.45. The van der Waals surface area contributed by atoms with Gasteiger partial charge in [-0.05, 0) is 17.5 Å². The van der Waals surface area contributed by atoms with E-state index in [9.17, 15) is 9.90 Å². The first-order valence-electron chi connectivity index (χ1n) is 7.44. The van der Waals surface area contributed by atoms with E-state index in [0.29, 0.717) is 32.0 Å². The number of hydrogen-bond acceptors (Lipinski definition) is 3. The summed E-state index contributed by atoms with van der Waals surface area (Å²) in [5.74, 6) is 0.334. The normalized spacial score (nSPS) is 17.5. The van der Waals surface area contributed by atoms with Gasteiger partial charge in [-0.25, -0.2) is 4.79 Å². The van der Waals surface area contributed by atoms with Gasteiger partial charge in [-0.3, -0.25) is 0 Å². The number of amides is 2. The minimum absolute atomic E-state index is 0.242. The highest BCUT2D eigenvalue weighted by Gasteiger charge is 2.30. The Morgan fingerprint density at radius 3 is 2.67 bits per heavy atom. The molecule has 0 aliphatic carbocycles. The summed E-state index contributed by atoms with van der Waals surface area (Å²) in [6.07, 6.45) is 1.10. The van der Waals surface area contributed by atoms with Gasteiger partial charge in [0.05, 0.1) is 5.60 Å². The van der Waals surface area contributed by atoms with E-state index in [4.69, 9.17) is 4.74 Å². The monoisotopic (exact) mass is 292 g/mol. The Morgan fingerprint density at radius 1 is 1.33 bits per heavy atom. The number of aliphatic hydroxyl groups is 1. The highest BCUT2D eigenvalue weighted by atomic mass is 16.5. The fourth-order valence-corrected chi connectivity index (χ4v) is 2.45. The van der Waals surface area contributed by atoms with Crippen molar-refractivity contribution in [3.05, 3.63) is 29.8 Å². The van der Waals surface area contributed by atoms with Gasteiger partial charge in [0.2, 0.25) is 0 Å². The van der Waals surface area contributed by atoms with Crippen molar-refractivity contribution in [2.75, 3.05) is 25.1 Å². The number of ether oxygens (including phenoxy) is 1. The van der Waals surface area contributed by atoms with Crippen LogP contribution in [0.5, 0.6) is 0 Å². The molecule has 116 valence electrons. The average Bonchev–Trinajstić information content (AvgIpc) is 2.46. The van der Waals surface area contributed by atoms with Gasteiger partial charge in [-0.15, -0.1) is 0 Å². The standard InChI is InChI=1S/C16H24N2O3/c1-12(2)13-5-3-4-6-14(13)18-15(19)17-11-16(20)7-9-21-10-8-16/h3-6,12,20H,7-11H2,1-2H3,(H2,17,18,19). The summed E-state index contributed by atoms with van der Waals surface area (Å²) in [5, 5.41) is 15.9. The number of para-hydroxylation sites is 1. The van der Waals surface area contributed by atoms with Crippen LogP contribution in [-0.2, 0) is 4.74 Å². The Labute approximate surface area is 125 Å². The second kappa shape index (κ2) is 6.91. The zero-order chi connectivity index (χ0) is 15.3. The third-order valence-corrected chi connectivity index (χ3v) is 3.83. The van der Waals surface area contributed by atoms with Crippen molar-refractivity contribution in [1.82, 2.24) is 5.32 Å². The quantitative estimate of drug-likeness (QED) is 0.798. The van der Waals surface area contributed by atoms with E-state index in [0.717, 1.165) is 11.3 Å². The van der Waals surface area contributed by atoms with Gasteiger partial charge >= 0.3 is 6.03 Å². The van der Waals surface area contributed by atoms with Crippen molar-refractivity contribution in [2.45, 2.75) is 38.2 Å². The maximum Gasteiger partial charge on any atom is 0.319 e. The van der Waals surface area contributed by atoms with Crippen LogP contribution >= 0.6 is 0 Å². The Hall–Kier alpha value is -1.59. The molecule has 0 saturated carbocycles. The molecule has 1 aliphatic heterocycles. The zero-order valence-electron chi connectivity index (χ0n) is 12.7. The van der Waals surface area contributed by atoms with Gasteiger partial charge in [0, 0.05) is 38.3 Å². The molecule has 1 aromatic rings. The van der Waals surface area contributed by atoms with Crippen LogP contribution in [0.2, 0.25) is 0 Å². The minimum Gasteiger partial charge on any atom is -0.388 e. The van der Waals surface area contributed by atoms with E-state index in [-0.39, 0.29) is 12.6 Å². The molecule has 1 aromatic carbocycles. The summed E-state index contributed by atoms with van der Waals surface area (Å²) in [5.41, 5.74) is 1.05.